The summed E-state index contributed by atoms with van der Waals surface area (Å²) in [5.74, 6) is 0.506. The number of rotatable bonds is 3. The molecule has 98 valence electrons. The number of pyridine rings is 1. The van der Waals surface area contributed by atoms with E-state index >= 15 is 0 Å². The van der Waals surface area contributed by atoms with Crippen LogP contribution >= 0.6 is 0 Å². The number of hydrogen-bond acceptors (Lipinski definition) is 3. The molecule has 1 saturated carbocycles. The maximum atomic E-state index is 12.2. The summed E-state index contributed by atoms with van der Waals surface area (Å²) in [6, 6.07) is 1.95. The van der Waals surface area contributed by atoms with Gasteiger partial charge in [-0.25, -0.2) is 0 Å². The molecule has 18 heavy (non-hydrogen) atoms. The van der Waals surface area contributed by atoms with E-state index in [1.807, 2.05) is 0 Å². The van der Waals surface area contributed by atoms with Crippen molar-refractivity contribution in [3.05, 3.63) is 24.0 Å². The van der Waals surface area contributed by atoms with Crippen LogP contribution in [-0.2, 0) is 0 Å². The zero-order valence-corrected chi connectivity index (χ0v) is 10.9. The molecular weight excluding hydrogens is 226 g/mol. The largest absolute Gasteiger partial charge is 0.398 e. The first-order chi connectivity index (χ1) is 8.72. The van der Waals surface area contributed by atoms with E-state index in [-0.39, 0.29) is 11.9 Å². The minimum atomic E-state index is -0.0917. The summed E-state index contributed by atoms with van der Waals surface area (Å²) in [5.41, 5.74) is 6.77. The zero-order chi connectivity index (χ0) is 13.0. The van der Waals surface area contributed by atoms with Crippen LogP contribution in [0.25, 0.3) is 0 Å². The number of nitrogens with two attached hydrogens (primary N) is 1. The number of anilines is 1. The fraction of sp³-hybridized carbons (Fsp3) is 0.571. The van der Waals surface area contributed by atoms with Crippen molar-refractivity contribution in [2.75, 3.05) is 5.73 Å². The monoisotopic (exact) mass is 247 g/mol. The Morgan fingerprint density at radius 1 is 1.50 bits per heavy atom. The van der Waals surface area contributed by atoms with Crippen LogP contribution in [0.2, 0.25) is 0 Å². The molecule has 2 rings (SSSR count). The third kappa shape index (κ3) is 2.81. The van der Waals surface area contributed by atoms with E-state index in [1.54, 1.807) is 12.3 Å². The Morgan fingerprint density at radius 3 is 3.00 bits per heavy atom. The van der Waals surface area contributed by atoms with Crippen molar-refractivity contribution in [3.63, 3.8) is 0 Å². The summed E-state index contributed by atoms with van der Waals surface area (Å²) < 4.78 is 0. The zero-order valence-electron chi connectivity index (χ0n) is 10.9. The van der Waals surface area contributed by atoms with Gasteiger partial charge >= 0.3 is 0 Å². The Hall–Kier alpha value is -1.58. The van der Waals surface area contributed by atoms with Crippen LogP contribution in [0.4, 0.5) is 5.69 Å². The van der Waals surface area contributed by atoms with E-state index in [0.717, 1.165) is 12.8 Å². The summed E-state index contributed by atoms with van der Waals surface area (Å²) in [4.78, 5) is 16.1. The van der Waals surface area contributed by atoms with Gasteiger partial charge in [0.1, 0.15) is 0 Å². The molecule has 0 spiro atoms. The third-order valence-electron chi connectivity index (χ3n) is 3.85. The van der Waals surface area contributed by atoms with Gasteiger partial charge in [0.25, 0.3) is 5.91 Å². The van der Waals surface area contributed by atoms with E-state index in [9.17, 15) is 4.79 Å². The van der Waals surface area contributed by atoms with E-state index in [0.29, 0.717) is 17.2 Å². The Kier molecular flexibility index (Phi) is 4.18. The van der Waals surface area contributed by atoms with Crippen molar-refractivity contribution in [3.8, 4) is 0 Å². The second-order valence-electron chi connectivity index (χ2n) is 5.00. The fourth-order valence-corrected chi connectivity index (χ4v) is 2.73. The molecule has 0 bridgehead atoms. The summed E-state index contributed by atoms with van der Waals surface area (Å²) in [6.07, 6.45) is 9.02. The van der Waals surface area contributed by atoms with Crippen molar-refractivity contribution in [2.45, 2.75) is 45.1 Å². The molecule has 1 aliphatic rings. The maximum Gasteiger partial charge on any atom is 0.255 e. The number of hydrogen-bond donors (Lipinski definition) is 2. The number of carbonyl (C=O) groups is 1. The summed E-state index contributed by atoms with van der Waals surface area (Å²) in [7, 11) is 0. The highest BCUT2D eigenvalue weighted by atomic mass is 16.1. The first-order valence-corrected chi connectivity index (χ1v) is 6.72. The smallest absolute Gasteiger partial charge is 0.255 e. The minimum Gasteiger partial charge on any atom is -0.398 e. The molecule has 1 aromatic heterocycles. The van der Waals surface area contributed by atoms with E-state index in [2.05, 4.69) is 17.2 Å². The molecule has 0 aromatic carbocycles. The number of carbonyl (C=O) groups excluding carboxylic acids is 1. The minimum absolute atomic E-state index is 0.0917. The van der Waals surface area contributed by atoms with Gasteiger partial charge in [0.15, 0.2) is 0 Å². The van der Waals surface area contributed by atoms with E-state index in [1.165, 1.54) is 25.5 Å². The molecule has 2 atom stereocenters. The molecular formula is C14H21N3O. The van der Waals surface area contributed by atoms with Gasteiger partial charge in [0.05, 0.1) is 5.56 Å². The quantitative estimate of drug-likeness (QED) is 0.861. The predicted octanol–water partition coefficient (Wildman–Crippen LogP) is 2.36. The van der Waals surface area contributed by atoms with Gasteiger partial charge in [0.2, 0.25) is 0 Å². The van der Waals surface area contributed by atoms with Gasteiger partial charge in [-0.2, -0.15) is 0 Å². The molecule has 0 saturated heterocycles. The highest BCUT2D eigenvalue weighted by molar-refractivity contribution is 5.98. The normalized spacial score (nSPS) is 23.6. The molecule has 4 heteroatoms. The van der Waals surface area contributed by atoms with Gasteiger partial charge in [-0.15, -0.1) is 0 Å². The number of amides is 1. The number of nitrogens with zero attached hydrogens (tertiary/aromatic N) is 1. The van der Waals surface area contributed by atoms with Crippen LogP contribution in [-0.4, -0.2) is 16.9 Å². The summed E-state index contributed by atoms with van der Waals surface area (Å²) >= 11 is 0. The fourth-order valence-electron chi connectivity index (χ4n) is 2.73. The van der Waals surface area contributed by atoms with Crippen molar-refractivity contribution in [1.29, 1.82) is 0 Å². The standard InChI is InChI=1S/C14H21N3O/c1-2-10-5-3-4-6-13(10)17-14(18)11-9-16-8-7-12(11)15/h7-10,13H,2-6H2,1H3,(H2,15,16)(H,17,18). The van der Waals surface area contributed by atoms with Crippen LogP contribution < -0.4 is 11.1 Å². The Bertz CT molecular complexity index is 419. The molecule has 3 N–H and O–H groups in total. The van der Waals surface area contributed by atoms with Crippen molar-refractivity contribution >= 4 is 11.6 Å². The van der Waals surface area contributed by atoms with Crippen molar-refractivity contribution in [1.82, 2.24) is 10.3 Å². The average molecular weight is 247 g/mol. The van der Waals surface area contributed by atoms with Crippen LogP contribution in [0, 0.1) is 5.92 Å². The lowest BCUT2D eigenvalue weighted by atomic mass is 9.83. The van der Waals surface area contributed by atoms with Crippen LogP contribution in [0.1, 0.15) is 49.4 Å². The predicted molar refractivity (Wildman–Crippen MR) is 72.2 cm³/mol. The van der Waals surface area contributed by atoms with Crippen LogP contribution in [0.15, 0.2) is 18.5 Å². The van der Waals surface area contributed by atoms with E-state index in [4.69, 9.17) is 5.73 Å². The number of aromatic nitrogens is 1. The number of nitrogen functional groups attached to an aromatic ring is 1. The lowest BCUT2D eigenvalue weighted by Gasteiger charge is -2.31. The highest BCUT2D eigenvalue weighted by Crippen LogP contribution is 2.27. The lowest BCUT2D eigenvalue weighted by molar-refractivity contribution is 0.0905. The van der Waals surface area contributed by atoms with Crippen LogP contribution in [0.5, 0.6) is 0 Å². The Labute approximate surface area is 108 Å². The Balaban J connectivity index is 2.04. The number of nitrogens with one attached hydrogen (secondary N) is 1. The lowest BCUT2D eigenvalue weighted by Crippen LogP contribution is -2.42. The summed E-state index contributed by atoms with van der Waals surface area (Å²) in [6.45, 7) is 2.19. The third-order valence-corrected chi connectivity index (χ3v) is 3.85. The highest BCUT2D eigenvalue weighted by Gasteiger charge is 2.25. The van der Waals surface area contributed by atoms with Gasteiger partial charge < -0.3 is 11.1 Å². The molecule has 1 aliphatic carbocycles. The maximum absolute atomic E-state index is 12.2. The molecule has 4 nitrogen and oxygen atoms in total. The Morgan fingerprint density at radius 2 is 2.28 bits per heavy atom. The molecule has 1 heterocycles. The molecule has 2 unspecified atom stereocenters. The van der Waals surface area contributed by atoms with Gasteiger partial charge in [-0.1, -0.05) is 26.2 Å². The molecule has 0 aliphatic heterocycles. The van der Waals surface area contributed by atoms with E-state index < -0.39 is 0 Å². The average Bonchev–Trinajstić information content (AvgIpc) is 2.39. The first kappa shape index (κ1) is 12.9. The van der Waals surface area contributed by atoms with Gasteiger partial charge in [-0.3, -0.25) is 9.78 Å². The summed E-state index contributed by atoms with van der Waals surface area (Å²) in [5, 5.41) is 3.12. The second kappa shape index (κ2) is 5.85. The van der Waals surface area contributed by atoms with Crippen LogP contribution in [0.3, 0.4) is 0 Å². The molecule has 1 aromatic rings. The first-order valence-electron chi connectivity index (χ1n) is 6.72. The second-order valence-corrected chi connectivity index (χ2v) is 5.00. The molecule has 0 radical (unpaired) electrons. The SMILES string of the molecule is CCC1CCCCC1NC(=O)c1cnccc1N. The topological polar surface area (TPSA) is 68.0 Å². The van der Waals surface area contributed by atoms with Crippen molar-refractivity contribution < 1.29 is 4.79 Å². The van der Waals surface area contributed by atoms with Gasteiger partial charge in [0, 0.05) is 24.1 Å². The van der Waals surface area contributed by atoms with Gasteiger partial charge in [-0.05, 0) is 24.8 Å². The molecule has 1 amide bonds. The molecule has 1 fully saturated rings. The van der Waals surface area contributed by atoms with Crippen molar-refractivity contribution in [2.24, 2.45) is 5.92 Å².